The molecule has 1 heterocycles. The molecule has 0 aromatic heterocycles. The fourth-order valence-electron chi connectivity index (χ4n) is 2.62. The zero-order valence-electron chi connectivity index (χ0n) is 12.2. The molecule has 0 saturated carbocycles. The van der Waals surface area contributed by atoms with Gasteiger partial charge in [0.15, 0.2) is 7.98 Å². The van der Waals surface area contributed by atoms with E-state index in [0.717, 1.165) is 50.9 Å². The highest BCUT2D eigenvalue weighted by molar-refractivity contribution is 6.67. The van der Waals surface area contributed by atoms with Crippen LogP contribution in [0.5, 0.6) is 5.75 Å². The molecule has 1 aliphatic heterocycles. The largest absolute Gasteiger partial charge is 0.493 e. The summed E-state index contributed by atoms with van der Waals surface area (Å²) in [5.41, 5.74) is -0.748. The molecular formula is C15H17BClF2NO2. The van der Waals surface area contributed by atoms with Gasteiger partial charge in [0.2, 0.25) is 0 Å². The molecular weight excluding hydrogens is 310 g/mol. The highest BCUT2D eigenvalue weighted by Crippen LogP contribution is 2.24. The maximum absolute atomic E-state index is 13.6. The average molecular weight is 328 g/mol. The van der Waals surface area contributed by atoms with Gasteiger partial charge in [-0.1, -0.05) is 0 Å². The van der Waals surface area contributed by atoms with Crippen LogP contribution in [0.3, 0.4) is 0 Å². The van der Waals surface area contributed by atoms with E-state index in [9.17, 15) is 13.6 Å². The highest BCUT2D eigenvalue weighted by atomic mass is 35.5. The number of hydrogen-bond donors (Lipinski definition) is 0. The van der Waals surface area contributed by atoms with Gasteiger partial charge in [0.25, 0.3) is 5.24 Å². The van der Waals surface area contributed by atoms with E-state index in [4.69, 9.17) is 24.3 Å². The van der Waals surface area contributed by atoms with Crippen LogP contribution in [0.2, 0.25) is 0 Å². The van der Waals surface area contributed by atoms with E-state index < -0.39 is 22.4 Å². The molecule has 1 aromatic rings. The Morgan fingerprint density at radius 1 is 1.32 bits per heavy atom. The van der Waals surface area contributed by atoms with Gasteiger partial charge in [-0.05, 0) is 56.3 Å². The van der Waals surface area contributed by atoms with Crippen molar-refractivity contribution in [3.05, 3.63) is 29.3 Å². The first-order chi connectivity index (χ1) is 10.5. The minimum atomic E-state index is -1.16. The molecule has 0 N–H and O–H groups in total. The molecule has 3 nitrogen and oxygen atoms in total. The average Bonchev–Trinajstić information content (AvgIpc) is 2.44. The summed E-state index contributed by atoms with van der Waals surface area (Å²) >= 11 is 5.12. The Morgan fingerprint density at radius 3 is 2.45 bits per heavy atom. The predicted molar refractivity (Wildman–Crippen MR) is 81.3 cm³/mol. The van der Waals surface area contributed by atoms with Crippen LogP contribution in [0.25, 0.3) is 0 Å². The number of hydrogen-bond acceptors (Lipinski definition) is 3. The van der Waals surface area contributed by atoms with E-state index >= 15 is 0 Å². The van der Waals surface area contributed by atoms with Crippen molar-refractivity contribution < 1.29 is 18.3 Å². The van der Waals surface area contributed by atoms with E-state index in [1.165, 1.54) is 0 Å². The fraction of sp³-hybridized carbons (Fsp3) is 0.533. The fourth-order valence-corrected chi connectivity index (χ4v) is 2.81. The van der Waals surface area contributed by atoms with E-state index in [1.54, 1.807) is 0 Å². The third kappa shape index (κ3) is 4.68. The molecule has 0 unspecified atom stereocenters. The molecule has 1 aliphatic rings. The molecule has 0 atom stereocenters. The number of nitrogens with zero attached hydrogens (tertiary/aromatic N) is 1. The normalized spacial score (nSPS) is 16.7. The topological polar surface area (TPSA) is 29.5 Å². The number of rotatable bonds is 6. The smallest absolute Gasteiger partial charge is 0.258 e. The van der Waals surface area contributed by atoms with Gasteiger partial charge in [-0.15, -0.1) is 0 Å². The van der Waals surface area contributed by atoms with E-state index in [-0.39, 0.29) is 5.75 Å². The number of carbonyl (C=O) groups excluding carboxylic acids is 1. The summed E-state index contributed by atoms with van der Waals surface area (Å²) in [4.78, 5) is 12.7. The highest BCUT2D eigenvalue weighted by Gasteiger charge is 2.18. The van der Waals surface area contributed by atoms with Gasteiger partial charge < -0.3 is 9.55 Å². The minimum Gasteiger partial charge on any atom is -0.493 e. The van der Waals surface area contributed by atoms with Gasteiger partial charge in [-0.2, -0.15) is 0 Å². The molecule has 118 valence electrons. The first kappa shape index (κ1) is 17.2. The van der Waals surface area contributed by atoms with Crippen LogP contribution < -0.4 is 4.74 Å². The van der Waals surface area contributed by atoms with Crippen LogP contribution in [0.1, 0.15) is 36.0 Å². The van der Waals surface area contributed by atoms with Crippen molar-refractivity contribution >= 4 is 24.8 Å². The Balaban J connectivity index is 1.79. The number of benzene rings is 1. The SMILES string of the molecule is [B]N1CCC(CCCOc2cc(F)c(C(=O)Cl)c(F)c2)CC1. The molecule has 2 radical (unpaired) electrons. The maximum atomic E-state index is 13.6. The van der Waals surface area contributed by atoms with Crippen LogP contribution >= 0.6 is 11.6 Å². The summed E-state index contributed by atoms with van der Waals surface area (Å²) in [7, 11) is 5.69. The van der Waals surface area contributed by atoms with E-state index in [2.05, 4.69) is 0 Å². The first-order valence-corrected chi connectivity index (χ1v) is 7.66. The second-order valence-corrected chi connectivity index (χ2v) is 5.85. The Labute approximate surface area is 135 Å². The third-order valence-corrected chi connectivity index (χ3v) is 4.08. The third-order valence-electron chi connectivity index (χ3n) is 3.89. The maximum Gasteiger partial charge on any atom is 0.258 e. The van der Waals surface area contributed by atoms with Gasteiger partial charge in [-0.3, -0.25) is 4.79 Å². The number of piperidine rings is 1. The van der Waals surface area contributed by atoms with Gasteiger partial charge in [-0.25, -0.2) is 8.78 Å². The Hall–Kier alpha value is -1.14. The predicted octanol–water partition coefficient (Wildman–Crippen LogP) is 3.30. The summed E-state index contributed by atoms with van der Waals surface area (Å²) < 4.78 is 32.5. The van der Waals surface area contributed by atoms with Crippen molar-refractivity contribution in [2.75, 3.05) is 19.7 Å². The summed E-state index contributed by atoms with van der Waals surface area (Å²) in [6.07, 6.45) is 3.92. The summed E-state index contributed by atoms with van der Waals surface area (Å²) in [5.74, 6) is -1.34. The van der Waals surface area contributed by atoms with Crippen molar-refractivity contribution in [3.8, 4) is 5.75 Å². The van der Waals surface area contributed by atoms with Crippen LogP contribution in [0.4, 0.5) is 8.78 Å². The lowest BCUT2D eigenvalue weighted by Gasteiger charge is -2.29. The van der Waals surface area contributed by atoms with Gasteiger partial charge in [0.1, 0.15) is 22.9 Å². The molecule has 0 aliphatic carbocycles. The molecule has 1 saturated heterocycles. The van der Waals surface area contributed by atoms with Crippen molar-refractivity contribution in [2.45, 2.75) is 25.7 Å². The van der Waals surface area contributed by atoms with Crippen molar-refractivity contribution in [2.24, 2.45) is 5.92 Å². The second kappa shape index (κ2) is 7.93. The van der Waals surface area contributed by atoms with Crippen LogP contribution in [-0.4, -0.2) is 37.7 Å². The molecule has 1 fully saturated rings. The van der Waals surface area contributed by atoms with Crippen molar-refractivity contribution in [1.29, 1.82) is 0 Å². The van der Waals surface area contributed by atoms with Crippen LogP contribution in [0, 0.1) is 17.6 Å². The minimum absolute atomic E-state index is 0.0634. The lowest BCUT2D eigenvalue weighted by atomic mass is 9.91. The summed E-state index contributed by atoms with van der Waals surface area (Å²) in [6.45, 7) is 2.17. The quantitative estimate of drug-likeness (QED) is 0.456. The Morgan fingerprint density at radius 2 is 1.91 bits per heavy atom. The van der Waals surface area contributed by atoms with Crippen molar-refractivity contribution in [3.63, 3.8) is 0 Å². The lowest BCUT2D eigenvalue weighted by molar-refractivity contribution is 0.107. The monoisotopic (exact) mass is 327 g/mol. The Bertz CT molecular complexity index is 513. The molecule has 0 bridgehead atoms. The second-order valence-electron chi connectivity index (χ2n) is 5.51. The first-order valence-electron chi connectivity index (χ1n) is 7.28. The number of halogens is 3. The summed E-state index contributed by atoms with van der Waals surface area (Å²) in [5, 5.41) is -1.16. The van der Waals surface area contributed by atoms with Crippen LogP contribution in [0.15, 0.2) is 12.1 Å². The lowest BCUT2D eigenvalue weighted by Crippen LogP contribution is -2.31. The van der Waals surface area contributed by atoms with Crippen LogP contribution in [-0.2, 0) is 0 Å². The standard InChI is InChI=1S/C15H17BClF2NO2/c16-20-5-3-10(4-6-20)2-1-7-22-11-8-12(18)14(15(17)21)13(19)9-11/h8-10H,1-7H2. The molecule has 1 aromatic carbocycles. The number of ether oxygens (including phenoxy) is 1. The van der Waals surface area contributed by atoms with E-state index in [1.807, 2.05) is 4.81 Å². The summed E-state index contributed by atoms with van der Waals surface area (Å²) in [6, 6.07) is 1.96. The molecule has 2 rings (SSSR count). The zero-order valence-corrected chi connectivity index (χ0v) is 12.9. The zero-order chi connectivity index (χ0) is 16.1. The van der Waals surface area contributed by atoms with Crippen molar-refractivity contribution in [1.82, 2.24) is 4.81 Å². The van der Waals surface area contributed by atoms with E-state index in [0.29, 0.717) is 12.5 Å². The Kier molecular flexibility index (Phi) is 6.21. The van der Waals surface area contributed by atoms with Gasteiger partial charge >= 0.3 is 0 Å². The molecule has 7 heteroatoms. The number of carbonyl (C=O) groups is 1. The van der Waals surface area contributed by atoms with Gasteiger partial charge in [0, 0.05) is 12.1 Å². The molecule has 22 heavy (non-hydrogen) atoms. The molecule has 0 spiro atoms. The van der Waals surface area contributed by atoms with Gasteiger partial charge in [0.05, 0.1) is 6.61 Å². The molecule has 0 amide bonds.